The lowest BCUT2D eigenvalue weighted by Crippen LogP contribution is -2.55. The van der Waals surface area contributed by atoms with E-state index in [1.807, 2.05) is 12.1 Å². The van der Waals surface area contributed by atoms with Crippen LogP contribution in [0.3, 0.4) is 0 Å². The van der Waals surface area contributed by atoms with Crippen LogP contribution in [-0.4, -0.2) is 42.1 Å². The van der Waals surface area contributed by atoms with Gasteiger partial charge in [0.1, 0.15) is 5.76 Å². The van der Waals surface area contributed by atoms with Gasteiger partial charge in [-0.05, 0) is 38.8 Å². The average molecular weight is 292 g/mol. The van der Waals surface area contributed by atoms with Crippen LogP contribution in [0.1, 0.15) is 32.4 Å². The molecule has 0 radical (unpaired) electrons. The summed E-state index contributed by atoms with van der Waals surface area (Å²) in [6.07, 6.45) is 3.75. The van der Waals surface area contributed by atoms with Crippen LogP contribution in [0.5, 0.6) is 0 Å². The Bertz CT molecular complexity index is 472. The highest BCUT2D eigenvalue weighted by Crippen LogP contribution is 2.32. The number of fused-ring (bicyclic) bond motifs is 1. The molecular weight excluding hydrogens is 268 g/mol. The Morgan fingerprint density at radius 3 is 3.10 bits per heavy atom. The van der Waals surface area contributed by atoms with E-state index in [9.17, 15) is 4.79 Å². The number of rotatable bonds is 4. The summed E-state index contributed by atoms with van der Waals surface area (Å²) in [4.78, 5) is 14.8. The second-order valence-electron chi connectivity index (χ2n) is 6.29. The van der Waals surface area contributed by atoms with Crippen LogP contribution in [0.2, 0.25) is 0 Å². The third-order valence-corrected chi connectivity index (χ3v) is 4.60. The summed E-state index contributed by atoms with van der Waals surface area (Å²) in [5.41, 5.74) is 0. The van der Waals surface area contributed by atoms with E-state index in [-0.39, 0.29) is 17.9 Å². The largest absolute Gasteiger partial charge is 0.467 e. The minimum absolute atomic E-state index is 0.00159. The molecule has 0 saturated carbocycles. The molecule has 2 saturated heterocycles. The van der Waals surface area contributed by atoms with Crippen molar-refractivity contribution < 1.29 is 13.9 Å². The molecule has 1 aromatic heterocycles. The molecule has 2 aliphatic rings. The summed E-state index contributed by atoms with van der Waals surface area (Å²) in [6, 6.07) is 4.64. The molecular formula is C16H24N2O3. The molecule has 0 aliphatic carbocycles. The molecule has 3 atom stereocenters. The van der Waals surface area contributed by atoms with Crippen molar-refractivity contribution >= 4 is 5.91 Å². The van der Waals surface area contributed by atoms with E-state index in [1.54, 1.807) is 6.26 Å². The number of hydrogen-bond donors (Lipinski definition) is 1. The summed E-state index contributed by atoms with van der Waals surface area (Å²) in [7, 11) is 0. The second kappa shape index (κ2) is 6.20. The first kappa shape index (κ1) is 14.6. The van der Waals surface area contributed by atoms with Gasteiger partial charge in [-0.3, -0.25) is 9.69 Å². The molecule has 0 unspecified atom stereocenters. The lowest BCUT2D eigenvalue weighted by Gasteiger charge is -2.42. The highest BCUT2D eigenvalue weighted by molar-refractivity contribution is 5.79. The van der Waals surface area contributed by atoms with Gasteiger partial charge in [0, 0.05) is 25.2 Å². The Morgan fingerprint density at radius 2 is 2.38 bits per heavy atom. The Morgan fingerprint density at radius 1 is 1.52 bits per heavy atom. The normalized spacial score (nSPS) is 29.6. The summed E-state index contributed by atoms with van der Waals surface area (Å²) < 4.78 is 11.1. The van der Waals surface area contributed by atoms with Gasteiger partial charge in [0.05, 0.1) is 24.8 Å². The van der Waals surface area contributed by atoms with Gasteiger partial charge in [-0.25, -0.2) is 0 Å². The van der Waals surface area contributed by atoms with Crippen LogP contribution in [0.15, 0.2) is 22.8 Å². The lowest BCUT2D eigenvalue weighted by molar-refractivity contribution is -0.130. The maximum absolute atomic E-state index is 12.4. The lowest BCUT2D eigenvalue weighted by atomic mass is 9.88. The van der Waals surface area contributed by atoms with Gasteiger partial charge in [-0.2, -0.15) is 0 Å². The quantitative estimate of drug-likeness (QED) is 0.919. The number of amides is 1. The first-order valence-electron chi connectivity index (χ1n) is 7.82. The molecule has 21 heavy (non-hydrogen) atoms. The van der Waals surface area contributed by atoms with Crippen molar-refractivity contribution in [3.8, 4) is 0 Å². The van der Waals surface area contributed by atoms with Gasteiger partial charge >= 0.3 is 0 Å². The maximum Gasteiger partial charge on any atom is 0.224 e. The summed E-state index contributed by atoms with van der Waals surface area (Å²) in [5, 5.41) is 2.98. The number of likely N-dealkylation sites (tertiary alicyclic amines) is 1. The van der Waals surface area contributed by atoms with Crippen LogP contribution in [0.4, 0.5) is 0 Å². The zero-order valence-corrected chi connectivity index (χ0v) is 12.7. The molecule has 3 heterocycles. The monoisotopic (exact) mass is 292 g/mol. The van der Waals surface area contributed by atoms with Crippen LogP contribution < -0.4 is 5.32 Å². The smallest absolute Gasteiger partial charge is 0.224 e. The number of nitrogens with zero attached hydrogens (tertiary/aromatic N) is 1. The first-order chi connectivity index (χ1) is 10.1. The van der Waals surface area contributed by atoms with E-state index in [4.69, 9.17) is 9.15 Å². The number of carbonyl (C=O) groups is 1. The van der Waals surface area contributed by atoms with Crippen molar-refractivity contribution in [3.05, 3.63) is 24.2 Å². The Hall–Kier alpha value is -1.33. The van der Waals surface area contributed by atoms with E-state index in [0.29, 0.717) is 18.6 Å². The van der Waals surface area contributed by atoms with Crippen LogP contribution >= 0.6 is 0 Å². The average Bonchev–Trinajstić information content (AvgIpc) is 3.14. The maximum atomic E-state index is 12.4. The molecule has 2 fully saturated rings. The van der Waals surface area contributed by atoms with Crippen LogP contribution in [0.25, 0.3) is 0 Å². The second-order valence-corrected chi connectivity index (χ2v) is 6.29. The molecule has 0 bridgehead atoms. The van der Waals surface area contributed by atoms with E-state index in [0.717, 1.165) is 31.8 Å². The molecule has 5 heteroatoms. The van der Waals surface area contributed by atoms with Gasteiger partial charge in [-0.1, -0.05) is 0 Å². The van der Waals surface area contributed by atoms with Gasteiger partial charge in [0.15, 0.2) is 0 Å². The van der Waals surface area contributed by atoms with Crippen molar-refractivity contribution in [2.24, 2.45) is 5.92 Å². The predicted octanol–water partition coefficient (Wildman–Crippen LogP) is 1.78. The summed E-state index contributed by atoms with van der Waals surface area (Å²) in [5.74, 6) is 0.891. The number of furan rings is 1. The zero-order chi connectivity index (χ0) is 14.8. The minimum Gasteiger partial charge on any atom is -0.467 e. The van der Waals surface area contributed by atoms with Gasteiger partial charge in [0.2, 0.25) is 5.91 Å². The Kier molecular flexibility index (Phi) is 4.31. The van der Waals surface area contributed by atoms with Crippen LogP contribution in [0, 0.1) is 5.92 Å². The Labute approximate surface area is 125 Å². The minimum atomic E-state index is 0.00159. The molecule has 1 aromatic rings. The van der Waals surface area contributed by atoms with Crippen molar-refractivity contribution in [2.45, 2.75) is 51.4 Å². The number of carbonyl (C=O) groups excluding carboxylic acids is 1. The molecule has 1 N–H and O–H groups in total. The van der Waals surface area contributed by atoms with Crippen molar-refractivity contribution in [3.63, 3.8) is 0 Å². The Balaban J connectivity index is 1.60. The zero-order valence-electron chi connectivity index (χ0n) is 12.7. The number of ether oxygens (including phenoxy) is 1. The highest BCUT2D eigenvalue weighted by atomic mass is 16.5. The van der Waals surface area contributed by atoms with Crippen molar-refractivity contribution in [2.75, 3.05) is 13.2 Å². The van der Waals surface area contributed by atoms with Gasteiger partial charge in [-0.15, -0.1) is 0 Å². The molecule has 0 aromatic carbocycles. The third kappa shape index (κ3) is 3.14. The molecule has 1 amide bonds. The number of hydrogen-bond acceptors (Lipinski definition) is 4. The first-order valence-corrected chi connectivity index (χ1v) is 7.82. The topological polar surface area (TPSA) is 54.7 Å². The molecule has 0 spiro atoms. The standard InChI is InChI=1S/C16H24N2O3/c1-11(2)18-10-12(8-15-14(18)5-7-21-15)16(19)17-9-13-4-3-6-20-13/h3-4,6,11-12,14-15H,5,7-10H2,1-2H3,(H,17,19)/t12-,14+,15+/m0/s1. The van der Waals surface area contributed by atoms with E-state index < -0.39 is 0 Å². The van der Waals surface area contributed by atoms with Crippen molar-refractivity contribution in [1.82, 2.24) is 10.2 Å². The fraction of sp³-hybridized carbons (Fsp3) is 0.688. The van der Waals surface area contributed by atoms with Gasteiger partial charge < -0.3 is 14.5 Å². The van der Waals surface area contributed by atoms with E-state index in [2.05, 4.69) is 24.1 Å². The van der Waals surface area contributed by atoms with E-state index >= 15 is 0 Å². The van der Waals surface area contributed by atoms with Gasteiger partial charge in [0.25, 0.3) is 0 Å². The molecule has 5 nitrogen and oxygen atoms in total. The highest BCUT2D eigenvalue weighted by Gasteiger charge is 2.42. The summed E-state index contributed by atoms with van der Waals surface area (Å²) in [6.45, 7) is 6.49. The molecule has 2 aliphatic heterocycles. The summed E-state index contributed by atoms with van der Waals surface area (Å²) >= 11 is 0. The number of nitrogens with one attached hydrogen (secondary N) is 1. The van der Waals surface area contributed by atoms with Crippen LogP contribution in [-0.2, 0) is 16.1 Å². The third-order valence-electron chi connectivity index (χ3n) is 4.60. The predicted molar refractivity (Wildman–Crippen MR) is 78.6 cm³/mol. The van der Waals surface area contributed by atoms with E-state index in [1.165, 1.54) is 0 Å². The SMILES string of the molecule is CC(C)N1C[C@@H](C(=O)NCc2ccco2)C[C@H]2OCC[C@H]21. The fourth-order valence-electron chi connectivity index (χ4n) is 3.50. The molecule has 3 rings (SSSR count). The molecule has 116 valence electrons. The van der Waals surface area contributed by atoms with Crippen molar-refractivity contribution in [1.29, 1.82) is 0 Å². The fourth-order valence-corrected chi connectivity index (χ4v) is 3.50. The number of piperidine rings is 1.